The molecule has 1 aromatic carbocycles. The molecule has 0 amide bonds. The Labute approximate surface area is 176 Å². The zero-order valence-electron chi connectivity index (χ0n) is 17.5. The SMILES string of the molecule is CC1=C(C(=O)OC(C)C)C(c2ccccn2)C2C(=O)CC(c3ccccc3)C=C2N1. The van der Waals surface area contributed by atoms with Crippen LogP contribution in [0, 0.1) is 5.92 Å². The van der Waals surface area contributed by atoms with Crippen LogP contribution in [-0.4, -0.2) is 22.8 Å². The largest absolute Gasteiger partial charge is 0.460 e. The van der Waals surface area contributed by atoms with Gasteiger partial charge in [-0.25, -0.2) is 4.79 Å². The number of hydrogen-bond donors (Lipinski definition) is 1. The minimum Gasteiger partial charge on any atom is -0.460 e. The lowest BCUT2D eigenvalue weighted by Gasteiger charge is -2.39. The third-order valence-electron chi connectivity index (χ3n) is 5.66. The Bertz CT molecular complexity index is 1010. The number of nitrogens with one attached hydrogen (secondary N) is 1. The van der Waals surface area contributed by atoms with E-state index in [9.17, 15) is 9.59 Å². The monoisotopic (exact) mass is 402 g/mol. The molecule has 0 radical (unpaired) electrons. The predicted octanol–water partition coefficient (Wildman–Crippen LogP) is 4.25. The first-order valence-electron chi connectivity index (χ1n) is 10.3. The summed E-state index contributed by atoms with van der Waals surface area (Å²) in [7, 11) is 0. The zero-order valence-corrected chi connectivity index (χ0v) is 17.5. The molecule has 2 aliphatic rings. The van der Waals surface area contributed by atoms with Gasteiger partial charge >= 0.3 is 5.97 Å². The Morgan fingerprint density at radius 1 is 1.10 bits per heavy atom. The van der Waals surface area contributed by atoms with E-state index in [0.29, 0.717) is 23.4 Å². The van der Waals surface area contributed by atoms with Crippen LogP contribution in [0.25, 0.3) is 0 Å². The molecule has 0 saturated heterocycles. The highest BCUT2D eigenvalue weighted by Crippen LogP contribution is 2.45. The Kier molecular flexibility index (Phi) is 5.53. The van der Waals surface area contributed by atoms with Crippen LogP contribution in [0.15, 0.2) is 77.8 Å². The van der Waals surface area contributed by atoms with E-state index in [2.05, 4.69) is 16.4 Å². The highest BCUT2D eigenvalue weighted by molar-refractivity contribution is 5.96. The van der Waals surface area contributed by atoms with Crippen molar-refractivity contribution in [3.63, 3.8) is 0 Å². The summed E-state index contributed by atoms with van der Waals surface area (Å²) < 4.78 is 5.52. The summed E-state index contributed by atoms with van der Waals surface area (Å²) in [5, 5.41) is 3.34. The summed E-state index contributed by atoms with van der Waals surface area (Å²) >= 11 is 0. The Morgan fingerprint density at radius 2 is 1.83 bits per heavy atom. The number of pyridine rings is 1. The molecular weight excluding hydrogens is 376 g/mol. The molecule has 2 aromatic rings. The number of ketones is 1. The van der Waals surface area contributed by atoms with E-state index >= 15 is 0 Å². The lowest BCUT2D eigenvalue weighted by molar-refractivity contribution is -0.143. The minimum atomic E-state index is -0.474. The number of fused-ring (bicyclic) bond motifs is 1. The third kappa shape index (κ3) is 3.80. The molecule has 0 bridgehead atoms. The van der Waals surface area contributed by atoms with Gasteiger partial charge in [-0.05, 0) is 38.5 Å². The molecule has 30 heavy (non-hydrogen) atoms. The number of aromatic nitrogens is 1. The lowest BCUT2D eigenvalue weighted by Crippen LogP contribution is -2.42. The molecule has 1 aliphatic carbocycles. The smallest absolute Gasteiger partial charge is 0.336 e. The van der Waals surface area contributed by atoms with Crippen molar-refractivity contribution in [1.29, 1.82) is 0 Å². The van der Waals surface area contributed by atoms with Gasteiger partial charge in [0, 0.05) is 35.6 Å². The van der Waals surface area contributed by atoms with Gasteiger partial charge < -0.3 is 10.1 Å². The summed E-state index contributed by atoms with van der Waals surface area (Å²) in [6.45, 7) is 5.50. The van der Waals surface area contributed by atoms with Crippen molar-refractivity contribution < 1.29 is 14.3 Å². The average molecular weight is 402 g/mol. The second-order valence-corrected chi connectivity index (χ2v) is 8.14. The third-order valence-corrected chi connectivity index (χ3v) is 5.66. The standard InChI is InChI=1S/C25H26N2O3/c1-15(2)30-25(29)22-16(3)27-20-13-18(17-9-5-4-6-10-17)14-21(28)23(20)24(22)19-11-7-8-12-26-19/h4-13,15,18,23-24,27H,14H2,1-3H3. The van der Waals surface area contributed by atoms with Crippen LogP contribution in [-0.2, 0) is 14.3 Å². The first-order chi connectivity index (χ1) is 14.5. The summed E-state index contributed by atoms with van der Waals surface area (Å²) in [5.74, 6) is -1.22. The van der Waals surface area contributed by atoms with Crippen molar-refractivity contribution in [2.24, 2.45) is 5.92 Å². The van der Waals surface area contributed by atoms with Crippen LogP contribution >= 0.6 is 0 Å². The fourth-order valence-corrected chi connectivity index (χ4v) is 4.42. The number of benzene rings is 1. The first kappa shape index (κ1) is 20.1. The number of rotatable bonds is 4. The van der Waals surface area contributed by atoms with Crippen molar-refractivity contribution in [2.75, 3.05) is 0 Å². The van der Waals surface area contributed by atoms with Gasteiger partial charge in [0.2, 0.25) is 0 Å². The van der Waals surface area contributed by atoms with E-state index in [0.717, 1.165) is 11.3 Å². The normalized spacial score (nSPS) is 23.5. The molecule has 3 atom stereocenters. The molecule has 3 unspecified atom stereocenters. The molecule has 5 heteroatoms. The molecule has 0 fully saturated rings. The van der Waals surface area contributed by atoms with Crippen LogP contribution in [0.1, 0.15) is 50.3 Å². The number of Topliss-reactive ketones (excluding diaryl/α,β-unsaturated/α-hetero) is 1. The van der Waals surface area contributed by atoms with Crippen LogP contribution in [0.3, 0.4) is 0 Å². The average Bonchev–Trinajstić information content (AvgIpc) is 2.73. The molecule has 4 rings (SSSR count). The fraction of sp³-hybridized carbons (Fsp3) is 0.320. The number of esters is 1. The second kappa shape index (κ2) is 8.27. The fourth-order valence-electron chi connectivity index (χ4n) is 4.42. The number of carbonyl (C=O) groups is 2. The van der Waals surface area contributed by atoms with E-state index in [4.69, 9.17) is 4.74 Å². The van der Waals surface area contributed by atoms with E-state index in [-0.39, 0.29) is 17.8 Å². The van der Waals surface area contributed by atoms with Crippen molar-refractivity contribution in [1.82, 2.24) is 10.3 Å². The maximum Gasteiger partial charge on any atom is 0.336 e. The number of ether oxygens (including phenoxy) is 1. The predicted molar refractivity (Wildman–Crippen MR) is 114 cm³/mol. The van der Waals surface area contributed by atoms with E-state index in [1.165, 1.54) is 0 Å². The van der Waals surface area contributed by atoms with Gasteiger partial charge in [-0.15, -0.1) is 0 Å². The summed E-state index contributed by atoms with van der Waals surface area (Å²) in [5.41, 5.74) is 3.85. The summed E-state index contributed by atoms with van der Waals surface area (Å²) in [6.07, 6.45) is 3.98. The summed E-state index contributed by atoms with van der Waals surface area (Å²) in [6, 6.07) is 15.6. The maximum atomic E-state index is 13.4. The van der Waals surface area contributed by atoms with Gasteiger partial charge in [-0.3, -0.25) is 9.78 Å². The van der Waals surface area contributed by atoms with Gasteiger partial charge in [0.25, 0.3) is 0 Å². The van der Waals surface area contributed by atoms with Gasteiger partial charge in [-0.2, -0.15) is 0 Å². The molecule has 0 spiro atoms. The maximum absolute atomic E-state index is 13.4. The molecule has 1 aliphatic heterocycles. The highest BCUT2D eigenvalue weighted by Gasteiger charge is 2.45. The second-order valence-electron chi connectivity index (χ2n) is 8.14. The van der Waals surface area contributed by atoms with E-state index < -0.39 is 17.8 Å². The van der Waals surface area contributed by atoms with Crippen molar-refractivity contribution in [2.45, 2.75) is 45.1 Å². The minimum absolute atomic E-state index is 0.0128. The van der Waals surface area contributed by atoms with Crippen LogP contribution in [0.5, 0.6) is 0 Å². The van der Waals surface area contributed by atoms with Crippen LogP contribution in [0.4, 0.5) is 0 Å². The van der Waals surface area contributed by atoms with E-state index in [1.807, 2.05) is 69.3 Å². The van der Waals surface area contributed by atoms with Gasteiger partial charge in [0.15, 0.2) is 0 Å². The van der Waals surface area contributed by atoms with Gasteiger partial charge in [0.05, 0.1) is 23.5 Å². The van der Waals surface area contributed by atoms with Crippen molar-refractivity contribution in [3.8, 4) is 0 Å². The Morgan fingerprint density at radius 3 is 2.50 bits per heavy atom. The molecule has 1 aromatic heterocycles. The molecule has 1 N–H and O–H groups in total. The van der Waals surface area contributed by atoms with Crippen LogP contribution in [0.2, 0.25) is 0 Å². The number of nitrogens with zero attached hydrogens (tertiary/aromatic N) is 1. The number of hydrogen-bond acceptors (Lipinski definition) is 5. The topological polar surface area (TPSA) is 68.3 Å². The molecular formula is C25H26N2O3. The zero-order chi connectivity index (χ0) is 21.3. The Hall–Kier alpha value is -3.21. The molecule has 154 valence electrons. The van der Waals surface area contributed by atoms with E-state index in [1.54, 1.807) is 6.20 Å². The van der Waals surface area contributed by atoms with Crippen molar-refractivity contribution >= 4 is 11.8 Å². The number of carbonyl (C=O) groups excluding carboxylic acids is 2. The molecule has 2 heterocycles. The summed E-state index contributed by atoms with van der Waals surface area (Å²) in [4.78, 5) is 30.9. The van der Waals surface area contributed by atoms with Gasteiger partial charge in [0.1, 0.15) is 5.78 Å². The Balaban J connectivity index is 1.81. The lowest BCUT2D eigenvalue weighted by atomic mass is 9.69. The van der Waals surface area contributed by atoms with Crippen LogP contribution < -0.4 is 5.32 Å². The number of allylic oxidation sites excluding steroid dienone is 3. The molecule has 0 saturated carbocycles. The first-order valence-corrected chi connectivity index (χ1v) is 10.3. The quantitative estimate of drug-likeness (QED) is 0.775. The van der Waals surface area contributed by atoms with Gasteiger partial charge in [-0.1, -0.05) is 42.5 Å². The highest BCUT2D eigenvalue weighted by atomic mass is 16.5. The van der Waals surface area contributed by atoms with Crippen molar-refractivity contribution in [3.05, 3.63) is 89.0 Å². The molecule has 5 nitrogen and oxygen atoms in total.